The molecule has 0 atom stereocenters. The molecule has 2 aliphatic rings. The quantitative estimate of drug-likeness (QED) is 0.0313. The van der Waals surface area contributed by atoms with Crippen LogP contribution in [0.3, 0.4) is 0 Å². The summed E-state index contributed by atoms with van der Waals surface area (Å²) in [7, 11) is 2.40. The van der Waals surface area contributed by atoms with Crippen LogP contribution in [0.15, 0.2) is 66.8 Å². The zero-order chi connectivity index (χ0) is 50.9. The summed E-state index contributed by atoms with van der Waals surface area (Å²) in [5.74, 6) is 0.512. The number of benzene rings is 2. The number of hydrogen-bond acceptors (Lipinski definition) is 14. The average Bonchev–Trinajstić information content (AvgIpc) is 3.37. The van der Waals surface area contributed by atoms with Gasteiger partial charge in [0.1, 0.15) is 43.3 Å². The highest BCUT2D eigenvalue weighted by molar-refractivity contribution is 5.87. The molecule has 14 nitrogen and oxygen atoms in total. The predicted molar refractivity (Wildman–Crippen MR) is 265 cm³/mol. The molecule has 0 bridgehead atoms. The lowest BCUT2D eigenvalue weighted by molar-refractivity contribution is -0.165. The summed E-state index contributed by atoms with van der Waals surface area (Å²) in [5.41, 5.74) is 1.48. The third-order valence-electron chi connectivity index (χ3n) is 13.6. The minimum atomic E-state index is -1.48. The Morgan fingerprint density at radius 1 is 0.571 bits per heavy atom. The lowest BCUT2D eigenvalue weighted by atomic mass is 9.69. The van der Waals surface area contributed by atoms with E-state index in [1.54, 1.807) is 13.0 Å². The van der Waals surface area contributed by atoms with E-state index in [2.05, 4.69) is 29.6 Å². The third kappa shape index (κ3) is 20.0. The molecule has 2 aromatic rings. The molecule has 4 rings (SSSR count). The number of hydrogen-bond donors (Lipinski definition) is 0. The largest absolute Gasteiger partial charge is 0.493 e. The van der Waals surface area contributed by atoms with Gasteiger partial charge in [-0.15, -0.1) is 0 Å². The molecular formula is C56H78O14. The van der Waals surface area contributed by atoms with Gasteiger partial charge in [0.15, 0.2) is 0 Å². The van der Waals surface area contributed by atoms with Gasteiger partial charge < -0.3 is 37.9 Å². The summed E-state index contributed by atoms with van der Waals surface area (Å²) in [5, 5.41) is 0. The molecule has 0 saturated heterocycles. The normalized spacial score (nSPS) is 17.8. The second-order valence-corrected chi connectivity index (χ2v) is 19.4. The first-order valence-electron chi connectivity index (χ1n) is 25.2. The van der Waals surface area contributed by atoms with Crippen LogP contribution in [0.4, 0.5) is 0 Å². The Labute approximate surface area is 415 Å². The lowest BCUT2D eigenvalue weighted by Crippen LogP contribution is -2.44. The molecule has 0 heterocycles. The van der Waals surface area contributed by atoms with E-state index in [0.717, 1.165) is 40.2 Å². The van der Waals surface area contributed by atoms with Crippen molar-refractivity contribution in [2.24, 2.45) is 29.1 Å². The van der Waals surface area contributed by atoms with Crippen LogP contribution in [0.2, 0.25) is 0 Å². The van der Waals surface area contributed by atoms with Crippen molar-refractivity contribution >= 4 is 35.8 Å². The number of aryl methyl sites for hydroxylation is 1. The summed E-state index contributed by atoms with van der Waals surface area (Å²) in [6.45, 7) is 11.8. The number of unbranched alkanes of at least 4 members (excludes halogenated alkanes) is 2. The number of rotatable bonds is 30. The minimum absolute atomic E-state index is 0.0996. The molecule has 2 aromatic carbocycles. The highest BCUT2D eigenvalue weighted by Crippen LogP contribution is 2.42. The van der Waals surface area contributed by atoms with E-state index < -0.39 is 61.1 Å². The SMILES string of the molecule is C=C(C)C(=O)OCCCc1cc(-c2ccc(OCC3CCC(C4CCC(CCCCC)CC4)CC3)cc2)ccc1OCC(COC(=O)CCC(=O)OC)(COC(=O)CCC(=O)OC)COC(=O)C(=C)C. The van der Waals surface area contributed by atoms with Gasteiger partial charge >= 0.3 is 35.8 Å². The van der Waals surface area contributed by atoms with E-state index in [-0.39, 0.29) is 50.0 Å². The molecule has 0 spiro atoms. The maximum absolute atomic E-state index is 12.9. The summed E-state index contributed by atoms with van der Waals surface area (Å²) < 4.78 is 44.3. The van der Waals surface area contributed by atoms with Crippen molar-refractivity contribution in [2.45, 2.75) is 136 Å². The Kier molecular flexibility index (Phi) is 24.5. The first kappa shape index (κ1) is 56.9. The maximum Gasteiger partial charge on any atom is 0.333 e. The molecule has 386 valence electrons. The van der Waals surface area contributed by atoms with Crippen LogP contribution in [-0.2, 0) is 63.6 Å². The van der Waals surface area contributed by atoms with E-state index in [9.17, 15) is 28.8 Å². The molecule has 0 aromatic heterocycles. The van der Waals surface area contributed by atoms with Crippen molar-refractivity contribution in [1.82, 2.24) is 0 Å². The van der Waals surface area contributed by atoms with E-state index in [1.807, 2.05) is 36.4 Å². The van der Waals surface area contributed by atoms with Gasteiger partial charge in [0.2, 0.25) is 0 Å². The number of ether oxygens (including phenoxy) is 8. The molecule has 2 aliphatic carbocycles. The molecule has 0 N–H and O–H groups in total. The van der Waals surface area contributed by atoms with Gasteiger partial charge in [-0.25, -0.2) is 9.59 Å². The number of methoxy groups -OCH3 is 2. The van der Waals surface area contributed by atoms with Gasteiger partial charge in [-0.2, -0.15) is 0 Å². The van der Waals surface area contributed by atoms with Crippen LogP contribution in [0.1, 0.15) is 135 Å². The second kappa shape index (κ2) is 30.2. The molecule has 2 saturated carbocycles. The van der Waals surface area contributed by atoms with Gasteiger partial charge in [-0.05, 0) is 130 Å². The zero-order valence-electron chi connectivity index (χ0n) is 42.5. The summed E-state index contributed by atoms with van der Waals surface area (Å²) in [6.07, 6.45) is 15.9. The van der Waals surface area contributed by atoms with Crippen LogP contribution >= 0.6 is 0 Å². The Bertz CT molecular complexity index is 1990. The molecular weight excluding hydrogens is 897 g/mol. The molecule has 14 heteroatoms. The fourth-order valence-corrected chi connectivity index (χ4v) is 9.11. The molecule has 2 fully saturated rings. The zero-order valence-corrected chi connectivity index (χ0v) is 42.5. The van der Waals surface area contributed by atoms with Crippen molar-refractivity contribution in [3.8, 4) is 22.6 Å². The van der Waals surface area contributed by atoms with Gasteiger partial charge in [-0.1, -0.05) is 76.8 Å². The minimum Gasteiger partial charge on any atom is -0.493 e. The summed E-state index contributed by atoms with van der Waals surface area (Å²) in [6, 6.07) is 13.7. The van der Waals surface area contributed by atoms with Crippen molar-refractivity contribution in [3.05, 3.63) is 72.3 Å². The maximum atomic E-state index is 12.9. The number of carbonyl (C=O) groups is 6. The van der Waals surface area contributed by atoms with Crippen molar-refractivity contribution < 1.29 is 66.7 Å². The first-order chi connectivity index (χ1) is 33.6. The van der Waals surface area contributed by atoms with Gasteiger partial charge in [0, 0.05) is 11.1 Å². The van der Waals surface area contributed by atoms with Crippen LogP contribution < -0.4 is 9.47 Å². The van der Waals surface area contributed by atoms with Crippen LogP contribution in [0.5, 0.6) is 11.5 Å². The smallest absolute Gasteiger partial charge is 0.333 e. The Morgan fingerprint density at radius 3 is 1.63 bits per heavy atom. The fraction of sp³-hybridized carbons (Fsp3) is 0.607. The lowest BCUT2D eigenvalue weighted by Gasteiger charge is -2.38. The molecule has 70 heavy (non-hydrogen) atoms. The first-order valence-corrected chi connectivity index (χ1v) is 25.2. The van der Waals surface area contributed by atoms with E-state index in [4.69, 9.17) is 28.4 Å². The molecule has 0 amide bonds. The Hall–Kier alpha value is -5.66. The molecule has 0 radical (unpaired) electrons. The van der Waals surface area contributed by atoms with E-state index in [1.165, 1.54) is 98.2 Å². The second-order valence-electron chi connectivity index (χ2n) is 19.4. The monoisotopic (exact) mass is 975 g/mol. The highest BCUT2D eigenvalue weighted by Gasteiger charge is 2.38. The van der Waals surface area contributed by atoms with E-state index >= 15 is 0 Å². The molecule has 0 unspecified atom stereocenters. The van der Waals surface area contributed by atoms with Gasteiger partial charge in [0.05, 0.1) is 53.1 Å². The predicted octanol–water partition coefficient (Wildman–Crippen LogP) is 10.5. The van der Waals surface area contributed by atoms with Crippen LogP contribution in [-0.4, -0.2) is 89.7 Å². The highest BCUT2D eigenvalue weighted by atomic mass is 16.6. The summed E-state index contributed by atoms with van der Waals surface area (Å²) in [4.78, 5) is 74.2. The summed E-state index contributed by atoms with van der Waals surface area (Å²) >= 11 is 0. The fourth-order valence-electron chi connectivity index (χ4n) is 9.11. The van der Waals surface area contributed by atoms with Crippen molar-refractivity contribution in [2.75, 3.05) is 53.9 Å². The van der Waals surface area contributed by atoms with Crippen LogP contribution in [0, 0.1) is 29.1 Å². The molecule has 0 aliphatic heterocycles. The van der Waals surface area contributed by atoms with Gasteiger partial charge in [-0.3, -0.25) is 19.2 Å². The number of carbonyl (C=O) groups excluding carboxylic acids is 6. The number of esters is 6. The Morgan fingerprint density at radius 2 is 1.09 bits per heavy atom. The Balaban J connectivity index is 1.48. The van der Waals surface area contributed by atoms with Gasteiger partial charge in [0.25, 0.3) is 0 Å². The van der Waals surface area contributed by atoms with Crippen molar-refractivity contribution in [3.63, 3.8) is 0 Å². The third-order valence-corrected chi connectivity index (χ3v) is 13.6. The average molecular weight is 975 g/mol. The van der Waals surface area contributed by atoms with Crippen molar-refractivity contribution in [1.29, 1.82) is 0 Å². The standard InChI is InChI=1S/C56H78O14/c1-8-9-10-12-41-14-18-43(19-15-41)44-20-16-42(17-21-44)34-66-48-25-22-45(23-26-48)46-24-27-49(47(33-46)13-11-32-65-54(61)39(2)3)67-35-56(38-70-55(62)40(4)5,36-68-52(59)30-28-50(57)63-6)37-69-53(60)31-29-51(58)64-7/h22-27,33,41-44H,2,4,8-21,28-32,34-38H2,1,3,5-7H3. The van der Waals surface area contributed by atoms with E-state index in [0.29, 0.717) is 31.1 Å². The topological polar surface area (TPSA) is 176 Å². The van der Waals surface area contributed by atoms with Crippen LogP contribution in [0.25, 0.3) is 11.1 Å².